The van der Waals surface area contributed by atoms with Gasteiger partial charge < -0.3 is 19.3 Å². The number of carbonyl (C=O) groups is 1. The van der Waals surface area contributed by atoms with Crippen molar-refractivity contribution in [2.75, 3.05) is 21.3 Å². The second kappa shape index (κ2) is 8.02. The largest absolute Gasteiger partial charge is 0.865 e. The van der Waals surface area contributed by atoms with Gasteiger partial charge in [0, 0.05) is 11.8 Å². The smallest absolute Gasteiger partial charge is 0.266 e. The Morgan fingerprint density at radius 2 is 1.73 bits per heavy atom. The number of carbonyl (C=O) groups excluding carboxylic acids is 1. The second-order valence-corrected chi connectivity index (χ2v) is 5.09. The van der Waals surface area contributed by atoms with E-state index in [2.05, 4.69) is 0 Å². The Labute approximate surface area is 149 Å². The van der Waals surface area contributed by atoms with Crippen LogP contribution in [0.2, 0.25) is 0 Å². The summed E-state index contributed by atoms with van der Waals surface area (Å²) < 4.78 is 15.1. The van der Waals surface area contributed by atoms with Crippen LogP contribution in [0.3, 0.4) is 0 Å². The first-order valence-electron chi connectivity index (χ1n) is 7.39. The number of hydrogen-bond acceptors (Lipinski definition) is 7. The highest BCUT2D eigenvalue weighted by Crippen LogP contribution is 2.35. The maximum atomic E-state index is 12.5. The Kier molecular flexibility index (Phi) is 5.79. The van der Waals surface area contributed by atoms with Gasteiger partial charge in [-0.3, -0.25) is 14.9 Å². The van der Waals surface area contributed by atoms with Gasteiger partial charge in [-0.05, 0) is 35.9 Å². The molecule has 0 radical (unpaired) electrons. The summed E-state index contributed by atoms with van der Waals surface area (Å²) >= 11 is 0. The van der Waals surface area contributed by atoms with Gasteiger partial charge in [0.15, 0.2) is 5.78 Å². The molecular formula is C18H16NO7-. The lowest BCUT2D eigenvalue weighted by Gasteiger charge is -2.13. The average Bonchev–Trinajstić information content (AvgIpc) is 2.65. The second-order valence-electron chi connectivity index (χ2n) is 5.09. The zero-order valence-electron chi connectivity index (χ0n) is 14.3. The summed E-state index contributed by atoms with van der Waals surface area (Å²) in [6, 6.07) is 7.18. The molecule has 0 fully saturated rings. The van der Waals surface area contributed by atoms with Crippen molar-refractivity contribution in [1.82, 2.24) is 0 Å². The van der Waals surface area contributed by atoms with E-state index < -0.39 is 22.1 Å². The lowest BCUT2D eigenvalue weighted by Crippen LogP contribution is -2.02. The SMILES string of the molecule is COc1ccc(OC)c(C(=O)/C=C/c2cc(OC)c([O-])c([N+](=O)[O-])c2)c1. The number of ketones is 1. The molecule has 0 saturated heterocycles. The molecule has 8 heteroatoms. The number of nitro benzene ring substituents is 1. The summed E-state index contributed by atoms with van der Waals surface area (Å²) in [5.41, 5.74) is -0.0798. The van der Waals surface area contributed by atoms with Crippen LogP contribution in [0.15, 0.2) is 36.4 Å². The number of nitro groups is 1. The molecule has 2 rings (SSSR count). The third kappa shape index (κ3) is 3.92. The van der Waals surface area contributed by atoms with Gasteiger partial charge in [-0.1, -0.05) is 6.08 Å². The maximum Gasteiger partial charge on any atom is 0.266 e. The first-order chi connectivity index (χ1) is 12.4. The van der Waals surface area contributed by atoms with E-state index in [-0.39, 0.29) is 16.9 Å². The number of hydrogen-bond donors (Lipinski definition) is 0. The molecule has 0 N–H and O–H groups in total. The minimum absolute atomic E-state index is 0.176. The molecule has 0 spiro atoms. The Morgan fingerprint density at radius 1 is 1.04 bits per heavy atom. The number of allylic oxidation sites excluding steroid dienone is 1. The highest BCUT2D eigenvalue weighted by molar-refractivity contribution is 6.09. The van der Waals surface area contributed by atoms with Gasteiger partial charge in [-0.15, -0.1) is 0 Å². The molecule has 2 aromatic carbocycles. The van der Waals surface area contributed by atoms with Crippen molar-refractivity contribution < 1.29 is 29.0 Å². The van der Waals surface area contributed by atoms with E-state index in [0.717, 1.165) is 6.07 Å². The van der Waals surface area contributed by atoms with Crippen LogP contribution in [0.1, 0.15) is 15.9 Å². The Bertz CT molecular complexity index is 874. The van der Waals surface area contributed by atoms with Gasteiger partial charge in [0.05, 0.1) is 31.8 Å². The molecule has 0 aromatic heterocycles. The number of nitrogens with zero attached hydrogens (tertiary/aromatic N) is 1. The van der Waals surface area contributed by atoms with E-state index in [1.54, 1.807) is 12.1 Å². The van der Waals surface area contributed by atoms with Crippen molar-refractivity contribution in [3.63, 3.8) is 0 Å². The van der Waals surface area contributed by atoms with Gasteiger partial charge in [-0.2, -0.15) is 0 Å². The summed E-state index contributed by atoms with van der Waals surface area (Å²) in [4.78, 5) is 22.6. The third-order valence-corrected chi connectivity index (χ3v) is 3.57. The van der Waals surface area contributed by atoms with Crippen molar-refractivity contribution in [3.05, 3.63) is 57.6 Å². The van der Waals surface area contributed by atoms with Crippen LogP contribution in [0, 0.1) is 10.1 Å². The van der Waals surface area contributed by atoms with Crippen LogP contribution in [0.5, 0.6) is 23.0 Å². The van der Waals surface area contributed by atoms with Gasteiger partial charge in [0.2, 0.25) is 0 Å². The van der Waals surface area contributed by atoms with E-state index in [1.165, 1.54) is 45.6 Å². The molecule has 2 aromatic rings. The van der Waals surface area contributed by atoms with Crippen molar-refractivity contribution >= 4 is 17.5 Å². The minimum atomic E-state index is -0.824. The Hall–Kier alpha value is -3.55. The maximum absolute atomic E-state index is 12.5. The zero-order chi connectivity index (χ0) is 19.3. The molecule has 0 aliphatic rings. The highest BCUT2D eigenvalue weighted by Gasteiger charge is 2.14. The van der Waals surface area contributed by atoms with E-state index in [0.29, 0.717) is 11.5 Å². The van der Waals surface area contributed by atoms with Crippen LogP contribution in [-0.4, -0.2) is 32.0 Å². The van der Waals surface area contributed by atoms with Crippen LogP contribution >= 0.6 is 0 Å². The fourth-order valence-corrected chi connectivity index (χ4v) is 2.26. The van der Waals surface area contributed by atoms with Crippen molar-refractivity contribution in [1.29, 1.82) is 0 Å². The van der Waals surface area contributed by atoms with Crippen LogP contribution < -0.4 is 19.3 Å². The van der Waals surface area contributed by atoms with Gasteiger partial charge in [0.25, 0.3) is 5.69 Å². The van der Waals surface area contributed by atoms with Crippen molar-refractivity contribution in [2.45, 2.75) is 0 Å². The fraction of sp³-hybridized carbons (Fsp3) is 0.167. The molecule has 0 unspecified atom stereocenters. The summed E-state index contributed by atoms with van der Waals surface area (Å²) in [5, 5.41) is 22.8. The normalized spacial score (nSPS) is 10.6. The zero-order valence-corrected chi connectivity index (χ0v) is 14.3. The molecule has 136 valence electrons. The molecule has 26 heavy (non-hydrogen) atoms. The molecule has 0 aliphatic carbocycles. The fourth-order valence-electron chi connectivity index (χ4n) is 2.26. The molecule has 0 saturated carbocycles. The van der Waals surface area contributed by atoms with Gasteiger partial charge in [-0.25, -0.2) is 0 Å². The summed E-state index contributed by atoms with van der Waals surface area (Å²) in [5.74, 6) is -0.552. The van der Waals surface area contributed by atoms with E-state index in [9.17, 15) is 20.0 Å². The first-order valence-corrected chi connectivity index (χ1v) is 7.39. The van der Waals surface area contributed by atoms with Crippen LogP contribution in [-0.2, 0) is 0 Å². The molecule has 0 bridgehead atoms. The minimum Gasteiger partial charge on any atom is -0.865 e. The Morgan fingerprint density at radius 3 is 2.31 bits per heavy atom. The summed E-state index contributed by atoms with van der Waals surface area (Å²) in [6.07, 6.45) is 2.58. The molecule has 0 atom stereocenters. The standard InChI is InChI=1S/C18H17NO7/c1-24-12-5-7-16(25-2)13(10-12)15(20)6-4-11-8-14(19(22)23)18(21)17(9-11)26-3/h4-10,21H,1-3H3/p-1/b6-4+. The summed E-state index contributed by atoms with van der Waals surface area (Å²) in [7, 11) is 4.14. The lowest BCUT2D eigenvalue weighted by molar-refractivity contribution is -0.398. The third-order valence-electron chi connectivity index (χ3n) is 3.57. The van der Waals surface area contributed by atoms with Gasteiger partial charge in [0.1, 0.15) is 17.2 Å². The van der Waals surface area contributed by atoms with E-state index in [1.807, 2.05) is 0 Å². The molecule has 0 heterocycles. The van der Waals surface area contributed by atoms with Crippen LogP contribution in [0.25, 0.3) is 6.08 Å². The molecule has 0 aliphatic heterocycles. The summed E-state index contributed by atoms with van der Waals surface area (Å²) in [6.45, 7) is 0. The topological polar surface area (TPSA) is 111 Å². The highest BCUT2D eigenvalue weighted by atomic mass is 16.6. The molecule has 0 amide bonds. The number of methoxy groups -OCH3 is 3. The quantitative estimate of drug-likeness (QED) is 0.324. The first kappa shape index (κ1) is 18.8. The van der Waals surface area contributed by atoms with Crippen molar-refractivity contribution in [2.24, 2.45) is 0 Å². The number of rotatable bonds is 7. The molecular weight excluding hydrogens is 342 g/mol. The van der Waals surface area contributed by atoms with Crippen LogP contribution in [0.4, 0.5) is 5.69 Å². The Balaban J connectivity index is 2.39. The lowest BCUT2D eigenvalue weighted by atomic mass is 10.1. The van der Waals surface area contributed by atoms with E-state index in [4.69, 9.17) is 14.2 Å². The van der Waals surface area contributed by atoms with Gasteiger partial charge >= 0.3 is 0 Å². The number of benzene rings is 2. The predicted octanol–water partition coefficient (Wildman–Crippen LogP) is 2.59. The predicted molar refractivity (Wildman–Crippen MR) is 92.0 cm³/mol. The number of ether oxygens (including phenoxy) is 3. The van der Waals surface area contributed by atoms with E-state index >= 15 is 0 Å². The van der Waals surface area contributed by atoms with Crippen molar-refractivity contribution in [3.8, 4) is 23.0 Å². The average molecular weight is 358 g/mol. The molecule has 8 nitrogen and oxygen atoms in total. The monoisotopic (exact) mass is 358 g/mol.